The van der Waals surface area contributed by atoms with Crippen molar-refractivity contribution >= 4 is 17.6 Å². The number of aromatic nitrogens is 2. The third-order valence-corrected chi connectivity index (χ3v) is 3.29. The molecule has 3 nitrogen and oxygen atoms in total. The maximum Gasteiger partial charge on any atom is 0.144 e. The molecule has 1 N–H and O–H groups in total. The Bertz CT molecular complexity index is 526. The van der Waals surface area contributed by atoms with Crippen molar-refractivity contribution < 1.29 is 0 Å². The van der Waals surface area contributed by atoms with E-state index in [-0.39, 0.29) is 0 Å². The average Bonchev–Trinajstić information content (AvgIpc) is 3.10. The van der Waals surface area contributed by atoms with Gasteiger partial charge in [-0.15, -0.1) is 0 Å². The second-order valence-corrected chi connectivity index (χ2v) is 4.76. The quantitative estimate of drug-likeness (QED) is 0.840. The lowest BCUT2D eigenvalue weighted by molar-refractivity contribution is 0.844. The average molecular weight is 248 g/mol. The summed E-state index contributed by atoms with van der Waals surface area (Å²) in [5.41, 5.74) is 3.41. The Balaban J connectivity index is 2.02. The first kappa shape index (κ1) is 10.7. The van der Waals surface area contributed by atoms with E-state index in [9.17, 15) is 0 Å². The van der Waals surface area contributed by atoms with Crippen LogP contribution >= 0.6 is 11.8 Å². The molecule has 4 heteroatoms. The molecule has 0 amide bonds. The van der Waals surface area contributed by atoms with Crippen LogP contribution in [0.15, 0.2) is 30.3 Å². The van der Waals surface area contributed by atoms with Crippen molar-refractivity contribution in [2.75, 3.05) is 4.84 Å². The summed E-state index contributed by atoms with van der Waals surface area (Å²) in [6.07, 6.45) is 2.49. The van der Waals surface area contributed by atoms with Crippen molar-refractivity contribution in [3.8, 4) is 5.69 Å². The third-order valence-electron chi connectivity index (χ3n) is 3.10. The molecule has 1 aliphatic rings. The van der Waals surface area contributed by atoms with E-state index in [1.807, 2.05) is 10.7 Å². The zero-order valence-corrected chi connectivity index (χ0v) is 10.4. The molecule has 1 aromatic heterocycles. The molecule has 2 aromatic rings. The minimum absolute atomic E-state index is 0.630. The Hall–Kier alpha value is -1.48. The first-order valence-corrected chi connectivity index (χ1v) is 6.19. The topological polar surface area (TPSA) is 29.9 Å². The van der Waals surface area contributed by atoms with E-state index in [1.54, 1.807) is 0 Å². The molecule has 0 radical (unpaired) electrons. The van der Waals surface area contributed by atoms with Gasteiger partial charge in [0.05, 0.1) is 11.4 Å². The molecule has 0 atom stereocenters. The molecule has 3 rings (SSSR count). The Kier molecular flexibility index (Phi) is 2.56. The van der Waals surface area contributed by atoms with Gasteiger partial charge in [0, 0.05) is 23.8 Å². The van der Waals surface area contributed by atoms with Gasteiger partial charge in [0.15, 0.2) is 0 Å². The molecule has 0 spiro atoms. The van der Waals surface area contributed by atoms with Crippen LogP contribution < -0.4 is 4.84 Å². The van der Waals surface area contributed by atoms with Crippen molar-refractivity contribution in [3.63, 3.8) is 0 Å². The van der Waals surface area contributed by atoms with Gasteiger partial charge in [0.2, 0.25) is 0 Å². The van der Waals surface area contributed by atoms with Crippen molar-refractivity contribution in [1.29, 1.82) is 0 Å². The summed E-state index contributed by atoms with van der Waals surface area (Å²) in [4.78, 5) is 2.68. The molecular weight excluding hydrogens is 234 g/mol. The second kappa shape index (κ2) is 4.08. The SMILES string of the molecule is Cc1ccc(-n2nc(C3CC3)cc2NCl)cc1. The fourth-order valence-corrected chi connectivity index (χ4v) is 2.06. The van der Waals surface area contributed by atoms with Crippen LogP contribution in [0, 0.1) is 6.92 Å². The van der Waals surface area contributed by atoms with E-state index in [4.69, 9.17) is 11.8 Å². The smallest absolute Gasteiger partial charge is 0.144 e. The zero-order valence-electron chi connectivity index (χ0n) is 9.65. The lowest BCUT2D eigenvalue weighted by atomic mass is 10.2. The number of hydrogen-bond donors (Lipinski definition) is 1. The van der Waals surface area contributed by atoms with E-state index in [2.05, 4.69) is 41.1 Å². The molecule has 0 bridgehead atoms. The standard InChI is InChI=1S/C13H14ClN3/c1-9-2-6-11(7-3-9)17-13(15-14)8-12(16-17)10-4-5-10/h2-3,6-8,10,15H,4-5H2,1H3. The van der Waals surface area contributed by atoms with Crippen LogP contribution in [0.3, 0.4) is 0 Å². The summed E-state index contributed by atoms with van der Waals surface area (Å²) >= 11 is 5.74. The number of hydrogen-bond acceptors (Lipinski definition) is 2. The van der Waals surface area contributed by atoms with E-state index in [0.717, 1.165) is 17.2 Å². The molecular formula is C13H14ClN3. The van der Waals surface area contributed by atoms with Crippen LogP contribution in [0.1, 0.15) is 30.0 Å². The monoisotopic (exact) mass is 247 g/mol. The largest absolute Gasteiger partial charge is 0.282 e. The van der Waals surface area contributed by atoms with Crippen LogP contribution in [0.2, 0.25) is 0 Å². The molecule has 0 saturated heterocycles. The van der Waals surface area contributed by atoms with Gasteiger partial charge >= 0.3 is 0 Å². The number of halogens is 1. The normalized spacial score (nSPS) is 14.9. The fourth-order valence-electron chi connectivity index (χ4n) is 1.93. The summed E-state index contributed by atoms with van der Waals surface area (Å²) in [5.74, 6) is 1.46. The van der Waals surface area contributed by atoms with E-state index >= 15 is 0 Å². The molecule has 1 aliphatic carbocycles. The first-order chi connectivity index (χ1) is 8.28. The molecule has 0 aliphatic heterocycles. The number of benzene rings is 1. The van der Waals surface area contributed by atoms with Gasteiger partial charge in [-0.1, -0.05) is 17.7 Å². The lowest BCUT2D eigenvalue weighted by Crippen LogP contribution is -2.00. The minimum Gasteiger partial charge on any atom is -0.282 e. The highest BCUT2D eigenvalue weighted by atomic mass is 35.5. The first-order valence-electron chi connectivity index (χ1n) is 5.81. The number of anilines is 1. The number of nitrogens with zero attached hydrogens (tertiary/aromatic N) is 2. The van der Waals surface area contributed by atoms with Crippen LogP contribution in [-0.4, -0.2) is 9.78 Å². The van der Waals surface area contributed by atoms with Crippen molar-refractivity contribution in [1.82, 2.24) is 9.78 Å². The highest BCUT2D eigenvalue weighted by Crippen LogP contribution is 2.40. The molecule has 1 aromatic carbocycles. The Morgan fingerprint density at radius 3 is 2.59 bits per heavy atom. The Morgan fingerprint density at radius 2 is 2.00 bits per heavy atom. The molecule has 88 valence electrons. The molecule has 1 heterocycles. The predicted octanol–water partition coefficient (Wildman–Crippen LogP) is 3.62. The summed E-state index contributed by atoms with van der Waals surface area (Å²) < 4.78 is 1.86. The molecule has 1 saturated carbocycles. The highest BCUT2D eigenvalue weighted by molar-refractivity contribution is 6.23. The lowest BCUT2D eigenvalue weighted by Gasteiger charge is -2.05. The van der Waals surface area contributed by atoms with Gasteiger partial charge in [-0.2, -0.15) is 5.10 Å². The predicted molar refractivity (Wildman–Crippen MR) is 69.8 cm³/mol. The highest BCUT2D eigenvalue weighted by Gasteiger charge is 2.27. The van der Waals surface area contributed by atoms with Crippen molar-refractivity contribution in [2.45, 2.75) is 25.7 Å². The fraction of sp³-hybridized carbons (Fsp3) is 0.308. The minimum atomic E-state index is 0.630. The van der Waals surface area contributed by atoms with Gasteiger partial charge < -0.3 is 0 Å². The van der Waals surface area contributed by atoms with E-state index in [1.165, 1.54) is 18.4 Å². The van der Waals surface area contributed by atoms with Crippen molar-refractivity contribution in [2.24, 2.45) is 0 Å². The van der Waals surface area contributed by atoms with Gasteiger partial charge in [0.25, 0.3) is 0 Å². The van der Waals surface area contributed by atoms with E-state index < -0.39 is 0 Å². The molecule has 1 fully saturated rings. The number of nitrogens with one attached hydrogen (secondary N) is 1. The van der Waals surface area contributed by atoms with Crippen LogP contribution in [0.25, 0.3) is 5.69 Å². The summed E-state index contributed by atoms with van der Waals surface area (Å²) in [7, 11) is 0. The van der Waals surface area contributed by atoms with Gasteiger partial charge in [-0.25, -0.2) is 4.68 Å². The van der Waals surface area contributed by atoms with Crippen LogP contribution in [0.5, 0.6) is 0 Å². The Morgan fingerprint density at radius 1 is 1.29 bits per heavy atom. The second-order valence-electron chi connectivity index (χ2n) is 4.57. The number of rotatable bonds is 3. The van der Waals surface area contributed by atoms with Crippen LogP contribution in [-0.2, 0) is 0 Å². The van der Waals surface area contributed by atoms with Crippen LogP contribution in [0.4, 0.5) is 5.82 Å². The summed E-state index contributed by atoms with van der Waals surface area (Å²) in [6.45, 7) is 2.07. The summed E-state index contributed by atoms with van der Waals surface area (Å²) in [5, 5.41) is 4.61. The molecule has 0 unspecified atom stereocenters. The summed E-state index contributed by atoms with van der Waals surface area (Å²) in [6, 6.07) is 10.3. The van der Waals surface area contributed by atoms with E-state index in [0.29, 0.717) is 5.92 Å². The number of aryl methyl sites for hydroxylation is 1. The van der Waals surface area contributed by atoms with Gasteiger partial charge in [-0.05, 0) is 31.9 Å². The zero-order chi connectivity index (χ0) is 11.8. The van der Waals surface area contributed by atoms with Gasteiger partial charge in [0.1, 0.15) is 5.82 Å². The van der Waals surface area contributed by atoms with Crippen molar-refractivity contribution in [3.05, 3.63) is 41.6 Å². The van der Waals surface area contributed by atoms with Gasteiger partial charge in [-0.3, -0.25) is 4.84 Å². The molecule has 17 heavy (non-hydrogen) atoms. The maximum atomic E-state index is 5.74. The maximum absolute atomic E-state index is 5.74. The Labute approximate surface area is 106 Å². The third kappa shape index (κ3) is 2.03.